The Morgan fingerprint density at radius 3 is 2.90 bits per heavy atom. The number of fused-ring (bicyclic) bond motifs is 1. The van der Waals surface area contributed by atoms with Crippen molar-refractivity contribution >= 4 is 38.7 Å². The first-order valence-electron chi connectivity index (χ1n) is 6.31. The largest absolute Gasteiger partial charge is 0.355 e. The Balaban J connectivity index is 1.99. The van der Waals surface area contributed by atoms with Crippen molar-refractivity contribution in [2.75, 3.05) is 17.4 Å². The van der Waals surface area contributed by atoms with E-state index in [9.17, 15) is 0 Å². The first kappa shape index (κ1) is 13.8. The highest BCUT2D eigenvalue weighted by Crippen LogP contribution is 2.25. The zero-order valence-electron chi connectivity index (χ0n) is 11.3. The third-order valence-electron chi connectivity index (χ3n) is 3.15. The smallest absolute Gasteiger partial charge is 0.241 e. The lowest BCUT2D eigenvalue weighted by atomic mass is 10.2. The van der Waals surface area contributed by atoms with E-state index in [0.717, 1.165) is 21.2 Å². The summed E-state index contributed by atoms with van der Waals surface area (Å²) in [7, 11) is 1.97. The normalized spacial score (nSPS) is 10.8. The van der Waals surface area contributed by atoms with Crippen LogP contribution in [0.3, 0.4) is 0 Å². The van der Waals surface area contributed by atoms with E-state index in [1.54, 1.807) is 6.20 Å². The Morgan fingerprint density at radius 1 is 1.33 bits per heavy atom. The molecule has 0 fully saturated rings. The Labute approximate surface area is 129 Å². The van der Waals surface area contributed by atoms with Crippen molar-refractivity contribution in [1.82, 2.24) is 20.2 Å². The topological polar surface area (TPSA) is 95.8 Å². The van der Waals surface area contributed by atoms with Crippen LogP contribution >= 0.6 is 15.9 Å². The number of aromatic amines is 1. The van der Waals surface area contributed by atoms with Gasteiger partial charge in [-0.05, 0) is 11.6 Å². The summed E-state index contributed by atoms with van der Waals surface area (Å²) in [6.45, 7) is 0.697. The molecular formula is C13H14BrN7. The van der Waals surface area contributed by atoms with E-state index in [1.807, 2.05) is 30.1 Å². The molecule has 0 bridgehead atoms. The summed E-state index contributed by atoms with van der Waals surface area (Å²) in [4.78, 5) is 10.7. The maximum atomic E-state index is 5.42. The fourth-order valence-electron chi connectivity index (χ4n) is 2.13. The predicted molar refractivity (Wildman–Crippen MR) is 85.7 cm³/mol. The third-order valence-corrected chi connectivity index (χ3v) is 3.92. The number of benzene rings is 1. The highest BCUT2D eigenvalue weighted by molar-refractivity contribution is 9.10. The fourth-order valence-corrected chi connectivity index (χ4v) is 2.54. The van der Waals surface area contributed by atoms with Gasteiger partial charge in [0.15, 0.2) is 5.65 Å². The molecule has 0 saturated carbocycles. The molecule has 0 unspecified atom stereocenters. The number of nitrogens with two attached hydrogens (primary N) is 1. The first-order valence-corrected chi connectivity index (χ1v) is 7.10. The van der Waals surface area contributed by atoms with Gasteiger partial charge in [0, 0.05) is 18.1 Å². The van der Waals surface area contributed by atoms with Gasteiger partial charge in [-0.25, -0.2) is 5.84 Å². The molecule has 3 rings (SSSR count). The van der Waals surface area contributed by atoms with Crippen molar-refractivity contribution in [3.63, 3.8) is 0 Å². The van der Waals surface area contributed by atoms with Gasteiger partial charge in [0.25, 0.3) is 0 Å². The fraction of sp³-hybridized carbons (Fsp3) is 0.154. The van der Waals surface area contributed by atoms with Crippen LogP contribution in [-0.4, -0.2) is 27.2 Å². The van der Waals surface area contributed by atoms with Gasteiger partial charge in [-0.1, -0.05) is 34.1 Å². The van der Waals surface area contributed by atoms with Crippen LogP contribution in [0.25, 0.3) is 11.0 Å². The van der Waals surface area contributed by atoms with Crippen LogP contribution in [0.5, 0.6) is 0 Å². The summed E-state index contributed by atoms with van der Waals surface area (Å²) >= 11 is 3.56. The molecule has 0 spiro atoms. The van der Waals surface area contributed by atoms with E-state index >= 15 is 0 Å². The minimum absolute atomic E-state index is 0.348. The second-order valence-corrected chi connectivity index (χ2v) is 5.45. The lowest BCUT2D eigenvalue weighted by molar-refractivity contribution is 0.896. The molecule has 0 saturated heterocycles. The second-order valence-electron chi connectivity index (χ2n) is 4.59. The molecule has 21 heavy (non-hydrogen) atoms. The molecule has 0 amide bonds. The van der Waals surface area contributed by atoms with Crippen LogP contribution in [0.4, 0.5) is 11.8 Å². The molecule has 0 aliphatic heterocycles. The number of nitrogens with zero attached hydrogens (tertiary/aromatic N) is 4. The number of hydrogen-bond donors (Lipinski definition) is 3. The molecule has 1 aromatic carbocycles. The van der Waals surface area contributed by atoms with Gasteiger partial charge in [-0.2, -0.15) is 15.1 Å². The lowest BCUT2D eigenvalue weighted by Gasteiger charge is -2.20. The summed E-state index contributed by atoms with van der Waals surface area (Å²) in [6, 6.07) is 8.08. The van der Waals surface area contributed by atoms with Gasteiger partial charge in [0.1, 0.15) is 5.82 Å². The number of hydrogen-bond acceptors (Lipinski definition) is 6. The SMILES string of the molecule is CN(Cc1ccccc1Br)c1nc(NN)nc2[nH]ncc12. The zero-order chi connectivity index (χ0) is 14.8. The number of hydrazine groups is 1. The minimum atomic E-state index is 0.348. The van der Waals surface area contributed by atoms with Crippen LogP contribution in [-0.2, 0) is 6.54 Å². The Bertz CT molecular complexity index is 770. The van der Waals surface area contributed by atoms with Crippen molar-refractivity contribution in [2.45, 2.75) is 6.54 Å². The van der Waals surface area contributed by atoms with Gasteiger partial charge in [-0.15, -0.1) is 0 Å². The van der Waals surface area contributed by atoms with Crippen LogP contribution < -0.4 is 16.2 Å². The van der Waals surface area contributed by atoms with E-state index in [-0.39, 0.29) is 0 Å². The quantitative estimate of drug-likeness (QED) is 0.493. The molecule has 108 valence electrons. The maximum Gasteiger partial charge on any atom is 0.241 e. The number of aromatic nitrogens is 4. The molecule has 0 radical (unpaired) electrons. The molecule has 3 aromatic rings. The van der Waals surface area contributed by atoms with Gasteiger partial charge < -0.3 is 4.90 Å². The van der Waals surface area contributed by atoms with Crippen LogP contribution in [0.1, 0.15) is 5.56 Å². The summed E-state index contributed by atoms with van der Waals surface area (Å²) in [5.41, 5.74) is 4.28. The molecule has 8 heteroatoms. The summed E-state index contributed by atoms with van der Waals surface area (Å²) in [5.74, 6) is 6.53. The van der Waals surface area contributed by atoms with Gasteiger partial charge in [-0.3, -0.25) is 10.5 Å². The summed E-state index contributed by atoms with van der Waals surface area (Å²) < 4.78 is 1.06. The predicted octanol–water partition coefficient (Wildman–Crippen LogP) is 2.04. The van der Waals surface area contributed by atoms with Crippen molar-refractivity contribution in [1.29, 1.82) is 0 Å². The highest BCUT2D eigenvalue weighted by atomic mass is 79.9. The number of nitrogens with one attached hydrogen (secondary N) is 2. The molecule has 0 aliphatic rings. The van der Waals surface area contributed by atoms with Crippen LogP contribution in [0.15, 0.2) is 34.9 Å². The number of rotatable bonds is 4. The highest BCUT2D eigenvalue weighted by Gasteiger charge is 2.14. The molecule has 7 nitrogen and oxygen atoms in total. The molecule has 0 aliphatic carbocycles. The van der Waals surface area contributed by atoms with Gasteiger partial charge >= 0.3 is 0 Å². The third kappa shape index (κ3) is 2.67. The minimum Gasteiger partial charge on any atom is -0.355 e. The average Bonchev–Trinajstić information content (AvgIpc) is 2.96. The number of anilines is 2. The number of halogens is 1. The molecule has 4 N–H and O–H groups in total. The molecule has 2 aromatic heterocycles. The molecule has 0 atom stereocenters. The Morgan fingerprint density at radius 2 is 2.14 bits per heavy atom. The van der Waals surface area contributed by atoms with E-state index in [1.165, 1.54) is 0 Å². The van der Waals surface area contributed by atoms with E-state index in [4.69, 9.17) is 5.84 Å². The van der Waals surface area contributed by atoms with Crippen LogP contribution in [0.2, 0.25) is 0 Å². The van der Waals surface area contributed by atoms with Gasteiger partial charge in [0.05, 0.1) is 11.6 Å². The average molecular weight is 348 g/mol. The maximum absolute atomic E-state index is 5.42. The molecule has 2 heterocycles. The van der Waals surface area contributed by atoms with Crippen molar-refractivity contribution in [2.24, 2.45) is 5.84 Å². The second kappa shape index (κ2) is 5.66. The van der Waals surface area contributed by atoms with Crippen molar-refractivity contribution in [3.8, 4) is 0 Å². The monoisotopic (exact) mass is 347 g/mol. The summed E-state index contributed by atoms with van der Waals surface area (Å²) in [6.07, 6.45) is 1.71. The summed E-state index contributed by atoms with van der Waals surface area (Å²) in [5, 5.41) is 7.70. The Kier molecular flexibility index (Phi) is 3.72. The lowest BCUT2D eigenvalue weighted by Crippen LogP contribution is -2.20. The van der Waals surface area contributed by atoms with E-state index in [0.29, 0.717) is 18.1 Å². The Hall–Kier alpha value is -2.19. The van der Waals surface area contributed by atoms with Crippen molar-refractivity contribution in [3.05, 3.63) is 40.5 Å². The molecular weight excluding hydrogens is 334 g/mol. The zero-order valence-corrected chi connectivity index (χ0v) is 12.9. The van der Waals surface area contributed by atoms with Crippen LogP contribution in [0, 0.1) is 0 Å². The van der Waals surface area contributed by atoms with E-state index in [2.05, 4.69) is 47.6 Å². The number of nitrogen functional groups attached to an aromatic ring is 1. The first-order chi connectivity index (χ1) is 10.2. The van der Waals surface area contributed by atoms with Crippen molar-refractivity contribution < 1.29 is 0 Å². The number of H-pyrrole nitrogens is 1. The van der Waals surface area contributed by atoms with Gasteiger partial charge in [0.2, 0.25) is 5.95 Å². The van der Waals surface area contributed by atoms with E-state index < -0.39 is 0 Å². The standard InChI is InChI=1S/C13H14BrN7/c1-21(7-8-4-2-3-5-10(8)14)12-9-6-16-20-11(9)17-13(18-12)19-15/h2-6H,7,15H2,1H3,(H2,16,17,18,19,20).